The Morgan fingerprint density at radius 1 is 1.10 bits per heavy atom. The van der Waals surface area contributed by atoms with Crippen LogP contribution in [0.5, 0.6) is 5.75 Å². The lowest BCUT2D eigenvalue weighted by Gasteiger charge is -2.13. The number of nitrogens with zero attached hydrogens (tertiary/aromatic N) is 2. The first-order valence-corrected chi connectivity index (χ1v) is 10.9. The van der Waals surface area contributed by atoms with Gasteiger partial charge >= 0.3 is 0 Å². The number of carbonyl (C=O) groups excluding carboxylic acids is 1. The van der Waals surface area contributed by atoms with Gasteiger partial charge in [-0.05, 0) is 54.8 Å². The van der Waals surface area contributed by atoms with E-state index >= 15 is 0 Å². The average Bonchev–Trinajstić information content (AvgIpc) is 3.01. The Labute approximate surface area is 177 Å². The normalized spacial score (nSPS) is 17.0. The van der Waals surface area contributed by atoms with Crippen LogP contribution in [-0.4, -0.2) is 29.1 Å². The summed E-state index contributed by atoms with van der Waals surface area (Å²) in [7, 11) is 0. The van der Waals surface area contributed by atoms with Crippen LogP contribution in [-0.2, 0) is 11.2 Å². The van der Waals surface area contributed by atoms with Gasteiger partial charge in [-0.2, -0.15) is 0 Å². The van der Waals surface area contributed by atoms with Crippen LogP contribution in [0.1, 0.15) is 38.8 Å². The molecule has 0 aliphatic carbocycles. The van der Waals surface area contributed by atoms with Gasteiger partial charge in [-0.3, -0.25) is 9.69 Å². The SMILES string of the molecule is CCc1ccccc1N=C1S/C(=C/c2ccccc2OCC(C)C)C(=O)N1CC. The van der Waals surface area contributed by atoms with Crippen molar-refractivity contribution in [1.82, 2.24) is 4.90 Å². The molecule has 2 aromatic carbocycles. The predicted molar refractivity (Wildman–Crippen MR) is 123 cm³/mol. The second kappa shape index (κ2) is 9.79. The van der Waals surface area contributed by atoms with Gasteiger partial charge in [-0.15, -0.1) is 0 Å². The zero-order chi connectivity index (χ0) is 20.8. The topological polar surface area (TPSA) is 41.9 Å². The van der Waals surface area contributed by atoms with Crippen molar-refractivity contribution in [3.05, 3.63) is 64.6 Å². The molecule has 0 unspecified atom stereocenters. The van der Waals surface area contributed by atoms with Crippen LogP contribution in [0, 0.1) is 5.92 Å². The summed E-state index contributed by atoms with van der Waals surface area (Å²) in [5.41, 5.74) is 3.01. The lowest BCUT2D eigenvalue weighted by molar-refractivity contribution is -0.122. The lowest BCUT2D eigenvalue weighted by Crippen LogP contribution is -2.28. The van der Waals surface area contributed by atoms with Gasteiger partial charge in [0.15, 0.2) is 5.17 Å². The molecule has 0 saturated carbocycles. The number of rotatable bonds is 7. The number of aliphatic imine (C=N–C) groups is 1. The number of hydrogen-bond acceptors (Lipinski definition) is 4. The Kier molecular flexibility index (Phi) is 7.15. The van der Waals surface area contributed by atoms with Crippen molar-refractivity contribution in [3.63, 3.8) is 0 Å². The first kappa shape index (κ1) is 21.2. The molecule has 1 saturated heterocycles. The van der Waals surface area contributed by atoms with Crippen LogP contribution < -0.4 is 4.74 Å². The maximum Gasteiger partial charge on any atom is 0.266 e. The third kappa shape index (κ3) is 5.10. The number of amidine groups is 1. The standard InChI is InChI=1S/C24H28N2O2S/c1-5-18-11-7-9-13-20(18)25-24-26(6-2)23(27)22(29-24)15-19-12-8-10-14-21(19)28-16-17(3)4/h7-15,17H,5-6,16H2,1-4H3/b22-15+,25-24?. The maximum atomic E-state index is 13.0. The van der Waals surface area contributed by atoms with Gasteiger partial charge in [0.2, 0.25) is 0 Å². The monoisotopic (exact) mass is 408 g/mol. The Morgan fingerprint density at radius 2 is 1.83 bits per heavy atom. The van der Waals surface area contributed by atoms with Gasteiger partial charge in [0.1, 0.15) is 5.75 Å². The number of ether oxygens (including phenoxy) is 1. The first-order chi connectivity index (χ1) is 14.0. The largest absolute Gasteiger partial charge is 0.493 e. The van der Waals surface area contributed by atoms with E-state index in [1.54, 1.807) is 4.90 Å². The maximum absolute atomic E-state index is 13.0. The number of hydrogen-bond donors (Lipinski definition) is 0. The van der Waals surface area contributed by atoms with Crippen molar-refractivity contribution in [2.45, 2.75) is 34.1 Å². The number of para-hydroxylation sites is 2. The molecule has 1 amide bonds. The molecule has 152 valence electrons. The van der Waals surface area contributed by atoms with Crippen molar-refractivity contribution in [2.24, 2.45) is 10.9 Å². The van der Waals surface area contributed by atoms with Crippen molar-refractivity contribution in [3.8, 4) is 5.75 Å². The summed E-state index contributed by atoms with van der Waals surface area (Å²) in [6.45, 7) is 9.55. The third-order valence-corrected chi connectivity index (χ3v) is 5.58. The molecule has 1 aliphatic heterocycles. The molecule has 0 N–H and O–H groups in total. The minimum atomic E-state index is -0.0103. The van der Waals surface area contributed by atoms with E-state index in [9.17, 15) is 4.79 Å². The summed E-state index contributed by atoms with van der Waals surface area (Å²) < 4.78 is 5.94. The number of amides is 1. The van der Waals surface area contributed by atoms with Crippen LogP contribution in [0.15, 0.2) is 58.4 Å². The summed E-state index contributed by atoms with van der Waals surface area (Å²) >= 11 is 1.43. The molecule has 1 aliphatic rings. The highest BCUT2D eigenvalue weighted by molar-refractivity contribution is 8.18. The highest BCUT2D eigenvalue weighted by Crippen LogP contribution is 2.36. The van der Waals surface area contributed by atoms with E-state index in [4.69, 9.17) is 9.73 Å². The second-order valence-corrected chi connectivity index (χ2v) is 8.29. The fourth-order valence-electron chi connectivity index (χ4n) is 3.02. The molecule has 0 bridgehead atoms. The molecule has 29 heavy (non-hydrogen) atoms. The van der Waals surface area contributed by atoms with E-state index in [0.717, 1.165) is 28.6 Å². The fraction of sp³-hybridized carbons (Fsp3) is 0.333. The molecule has 2 aromatic rings. The number of aryl methyl sites for hydroxylation is 1. The summed E-state index contributed by atoms with van der Waals surface area (Å²) in [4.78, 5) is 20.2. The number of carbonyl (C=O) groups is 1. The molecule has 5 heteroatoms. The molecule has 0 spiro atoms. The summed E-state index contributed by atoms with van der Waals surface area (Å²) in [5, 5.41) is 0.727. The fourth-order valence-corrected chi connectivity index (χ4v) is 4.07. The van der Waals surface area contributed by atoms with E-state index in [2.05, 4.69) is 26.8 Å². The molecule has 0 aromatic heterocycles. The van der Waals surface area contributed by atoms with Gasteiger partial charge < -0.3 is 4.74 Å². The molecular formula is C24H28N2O2S. The number of benzene rings is 2. The predicted octanol–water partition coefficient (Wildman–Crippen LogP) is 5.91. The third-order valence-electron chi connectivity index (χ3n) is 4.57. The molecule has 3 rings (SSSR count). The van der Waals surface area contributed by atoms with E-state index in [0.29, 0.717) is 24.0 Å². The lowest BCUT2D eigenvalue weighted by atomic mass is 10.1. The van der Waals surface area contributed by atoms with Crippen molar-refractivity contribution in [1.29, 1.82) is 0 Å². The van der Waals surface area contributed by atoms with Crippen molar-refractivity contribution < 1.29 is 9.53 Å². The minimum Gasteiger partial charge on any atom is -0.493 e. The Balaban J connectivity index is 1.93. The molecule has 1 fully saturated rings. The van der Waals surface area contributed by atoms with Crippen LogP contribution in [0.2, 0.25) is 0 Å². The van der Waals surface area contributed by atoms with E-state index in [-0.39, 0.29) is 5.91 Å². The minimum absolute atomic E-state index is 0.0103. The number of thioether (sulfide) groups is 1. The van der Waals surface area contributed by atoms with E-state index in [1.807, 2.05) is 55.5 Å². The zero-order valence-electron chi connectivity index (χ0n) is 17.5. The van der Waals surface area contributed by atoms with E-state index in [1.165, 1.54) is 17.3 Å². The van der Waals surface area contributed by atoms with Gasteiger partial charge in [0.25, 0.3) is 5.91 Å². The van der Waals surface area contributed by atoms with Gasteiger partial charge in [-0.1, -0.05) is 57.2 Å². The summed E-state index contributed by atoms with van der Waals surface area (Å²) in [5.74, 6) is 1.22. The highest BCUT2D eigenvalue weighted by Gasteiger charge is 2.32. The first-order valence-electron chi connectivity index (χ1n) is 10.1. The molecule has 0 radical (unpaired) electrons. The Morgan fingerprint density at radius 3 is 2.55 bits per heavy atom. The summed E-state index contributed by atoms with van der Waals surface area (Å²) in [6, 6.07) is 15.9. The van der Waals surface area contributed by atoms with Crippen LogP contribution in [0.25, 0.3) is 6.08 Å². The molecular weight excluding hydrogens is 380 g/mol. The van der Waals surface area contributed by atoms with Crippen LogP contribution in [0.4, 0.5) is 5.69 Å². The molecule has 0 atom stereocenters. The van der Waals surface area contributed by atoms with Crippen LogP contribution in [0.3, 0.4) is 0 Å². The van der Waals surface area contributed by atoms with Crippen molar-refractivity contribution in [2.75, 3.05) is 13.2 Å². The van der Waals surface area contributed by atoms with Gasteiger partial charge in [-0.25, -0.2) is 4.99 Å². The molecule has 4 nitrogen and oxygen atoms in total. The smallest absolute Gasteiger partial charge is 0.266 e. The van der Waals surface area contributed by atoms with E-state index < -0.39 is 0 Å². The highest BCUT2D eigenvalue weighted by atomic mass is 32.2. The van der Waals surface area contributed by atoms with Crippen LogP contribution >= 0.6 is 11.8 Å². The Hall–Kier alpha value is -2.53. The summed E-state index contributed by atoms with van der Waals surface area (Å²) in [6.07, 6.45) is 2.82. The van der Waals surface area contributed by atoms with Gasteiger partial charge in [0.05, 0.1) is 17.2 Å². The number of likely N-dealkylation sites (N-methyl/N-ethyl adjacent to an activating group) is 1. The Bertz CT molecular complexity index is 934. The average molecular weight is 409 g/mol. The second-order valence-electron chi connectivity index (χ2n) is 7.28. The quantitative estimate of drug-likeness (QED) is 0.535. The zero-order valence-corrected chi connectivity index (χ0v) is 18.3. The van der Waals surface area contributed by atoms with Gasteiger partial charge in [0, 0.05) is 12.1 Å². The van der Waals surface area contributed by atoms with Crippen molar-refractivity contribution >= 4 is 34.6 Å². The molecule has 1 heterocycles.